The quantitative estimate of drug-likeness (QED) is 0.803. The predicted octanol–water partition coefficient (Wildman–Crippen LogP) is 2.72. The third-order valence-electron chi connectivity index (χ3n) is 4.63. The molecule has 0 aromatic rings. The molecule has 2 aliphatic rings. The van der Waals surface area contributed by atoms with E-state index in [1.54, 1.807) is 0 Å². The summed E-state index contributed by atoms with van der Waals surface area (Å²) in [6.45, 7) is 0. The van der Waals surface area contributed by atoms with Crippen LogP contribution in [0.15, 0.2) is 0 Å². The van der Waals surface area contributed by atoms with Crippen LogP contribution >= 0.6 is 0 Å². The van der Waals surface area contributed by atoms with Crippen LogP contribution in [-0.4, -0.2) is 17.7 Å². The summed E-state index contributed by atoms with van der Waals surface area (Å²) >= 11 is 0. The van der Waals surface area contributed by atoms with E-state index in [1.807, 2.05) is 6.07 Å². The maximum atomic E-state index is 12.3. The summed E-state index contributed by atoms with van der Waals surface area (Å²) < 4.78 is 0. The van der Waals surface area contributed by atoms with Crippen LogP contribution in [0.25, 0.3) is 0 Å². The molecular weight excluding hydrogens is 252 g/mol. The third kappa shape index (κ3) is 3.82. The van der Waals surface area contributed by atoms with Gasteiger partial charge in [-0.3, -0.25) is 9.59 Å². The van der Waals surface area contributed by atoms with Crippen LogP contribution in [0.5, 0.6) is 0 Å². The van der Waals surface area contributed by atoms with Crippen LogP contribution in [-0.2, 0) is 9.59 Å². The first-order chi connectivity index (χ1) is 9.72. The lowest BCUT2D eigenvalue weighted by molar-refractivity contribution is -0.134. The molecule has 0 spiro atoms. The van der Waals surface area contributed by atoms with E-state index in [1.165, 1.54) is 6.42 Å². The lowest BCUT2D eigenvalue weighted by Gasteiger charge is -2.25. The predicted molar refractivity (Wildman–Crippen MR) is 75.7 cm³/mol. The first kappa shape index (κ1) is 15.0. The SMILES string of the molecule is N#CC(C(=O)NC1CCCCC1)C(=O)C1CCCCC1. The van der Waals surface area contributed by atoms with Gasteiger partial charge in [-0.15, -0.1) is 0 Å². The van der Waals surface area contributed by atoms with Crippen molar-refractivity contribution in [2.45, 2.75) is 70.3 Å². The van der Waals surface area contributed by atoms with Gasteiger partial charge in [-0.05, 0) is 25.7 Å². The standard InChI is InChI=1S/C16H24N2O2/c17-11-14(15(19)12-7-3-1-4-8-12)16(20)18-13-9-5-2-6-10-13/h12-14H,1-10H2,(H,18,20). The Morgan fingerprint density at radius 1 is 0.950 bits per heavy atom. The average molecular weight is 276 g/mol. The molecule has 0 bridgehead atoms. The van der Waals surface area contributed by atoms with Crippen LogP contribution in [0.4, 0.5) is 0 Å². The first-order valence-electron chi connectivity index (χ1n) is 7.96. The second-order valence-electron chi connectivity index (χ2n) is 6.14. The largest absolute Gasteiger partial charge is 0.352 e. The number of hydrogen-bond acceptors (Lipinski definition) is 3. The molecule has 0 radical (unpaired) electrons. The van der Waals surface area contributed by atoms with Crippen LogP contribution in [0.1, 0.15) is 64.2 Å². The number of hydrogen-bond donors (Lipinski definition) is 1. The molecule has 1 atom stereocenters. The van der Waals surface area contributed by atoms with Crippen molar-refractivity contribution in [1.82, 2.24) is 5.32 Å². The van der Waals surface area contributed by atoms with Crippen molar-refractivity contribution in [3.05, 3.63) is 0 Å². The zero-order valence-corrected chi connectivity index (χ0v) is 12.1. The van der Waals surface area contributed by atoms with E-state index in [4.69, 9.17) is 0 Å². The van der Waals surface area contributed by atoms with Crippen molar-refractivity contribution in [3.8, 4) is 6.07 Å². The highest BCUT2D eigenvalue weighted by atomic mass is 16.2. The normalized spacial score (nSPS) is 22.8. The number of nitriles is 1. The molecule has 2 rings (SSSR count). The van der Waals surface area contributed by atoms with Crippen molar-refractivity contribution >= 4 is 11.7 Å². The van der Waals surface area contributed by atoms with Crippen molar-refractivity contribution in [2.24, 2.45) is 11.8 Å². The maximum absolute atomic E-state index is 12.3. The number of carbonyl (C=O) groups excluding carboxylic acids is 2. The summed E-state index contributed by atoms with van der Waals surface area (Å²) in [5, 5.41) is 12.1. The second kappa shape index (κ2) is 7.42. The fourth-order valence-electron chi connectivity index (χ4n) is 3.41. The Morgan fingerprint density at radius 2 is 1.50 bits per heavy atom. The summed E-state index contributed by atoms with van der Waals surface area (Å²) in [5.74, 6) is -1.69. The molecule has 2 fully saturated rings. The van der Waals surface area contributed by atoms with Crippen LogP contribution in [0.3, 0.4) is 0 Å². The minimum absolute atomic E-state index is 0.0782. The van der Waals surface area contributed by atoms with Crippen LogP contribution < -0.4 is 5.32 Å². The molecule has 110 valence electrons. The molecule has 0 aliphatic heterocycles. The van der Waals surface area contributed by atoms with Crippen LogP contribution in [0.2, 0.25) is 0 Å². The maximum Gasteiger partial charge on any atom is 0.245 e. The highest BCUT2D eigenvalue weighted by molar-refractivity contribution is 6.05. The summed E-state index contributed by atoms with van der Waals surface area (Å²) in [4.78, 5) is 24.5. The van der Waals surface area contributed by atoms with Gasteiger partial charge in [0.2, 0.25) is 5.91 Å². The molecule has 0 saturated heterocycles. The van der Waals surface area contributed by atoms with Gasteiger partial charge < -0.3 is 5.32 Å². The Morgan fingerprint density at radius 3 is 2.05 bits per heavy atom. The highest BCUT2D eigenvalue weighted by Gasteiger charge is 2.34. The third-order valence-corrected chi connectivity index (χ3v) is 4.63. The number of nitrogens with one attached hydrogen (secondary N) is 1. The summed E-state index contributed by atoms with van der Waals surface area (Å²) in [6.07, 6.45) is 10.3. The van der Waals surface area contributed by atoms with Crippen molar-refractivity contribution in [2.75, 3.05) is 0 Å². The van der Waals surface area contributed by atoms with Gasteiger partial charge in [-0.25, -0.2) is 0 Å². The Balaban J connectivity index is 1.90. The fraction of sp³-hybridized carbons (Fsp3) is 0.812. The molecule has 0 aromatic heterocycles. The van der Waals surface area contributed by atoms with Gasteiger partial charge in [0.05, 0.1) is 6.07 Å². The topological polar surface area (TPSA) is 70.0 Å². The molecule has 4 nitrogen and oxygen atoms in total. The van der Waals surface area contributed by atoms with Gasteiger partial charge in [-0.2, -0.15) is 5.26 Å². The molecule has 4 heteroatoms. The van der Waals surface area contributed by atoms with Crippen molar-refractivity contribution in [1.29, 1.82) is 5.26 Å². The van der Waals surface area contributed by atoms with E-state index < -0.39 is 5.92 Å². The van der Waals surface area contributed by atoms with E-state index in [0.717, 1.165) is 57.8 Å². The number of ketones is 1. The summed E-state index contributed by atoms with van der Waals surface area (Å²) in [6, 6.07) is 2.09. The minimum Gasteiger partial charge on any atom is -0.352 e. The molecule has 1 N–H and O–H groups in total. The molecule has 0 aromatic carbocycles. The van der Waals surface area contributed by atoms with Gasteiger partial charge in [0.1, 0.15) is 0 Å². The first-order valence-corrected chi connectivity index (χ1v) is 7.96. The number of rotatable bonds is 4. The number of nitrogens with zero attached hydrogens (tertiary/aromatic N) is 1. The second-order valence-corrected chi connectivity index (χ2v) is 6.14. The fourth-order valence-corrected chi connectivity index (χ4v) is 3.41. The minimum atomic E-state index is -1.10. The van der Waals surface area contributed by atoms with E-state index in [0.29, 0.717) is 0 Å². The number of amides is 1. The highest BCUT2D eigenvalue weighted by Crippen LogP contribution is 2.27. The molecule has 1 unspecified atom stereocenters. The summed E-state index contributed by atoms with van der Waals surface area (Å²) in [5.41, 5.74) is 0. The number of carbonyl (C=O) groups is 2. The molecule has 2 aliphatic carbocycles. The molecule has 0 heterocycles. The molecule has 20 heavy (non-hydrogen) atoms. The van der Waals surface area contributed by atoms with Crippen molar-refractivity contribution in [3.63, 3.8) is 0 Å². The Labute approximate surface area is 120 Å². The zero-order valence-electron chi connectivity index (χ0n) is 12.1. The molecule has 2 saturated carbocycles. The van der Waals surface area contributed by atoms with Crippen molar-refractivity contribution < 1.29 is 9.59 Å². The smallest absolute Gasteiger partial charge is 0.245 e. The molecule has 1 amide bonds. The van der Waals surface area contributed by atoms with E-state index in [9.17, 15) is 14.9 Å². The van der Waals surface area contributed by atoms with Gasteiger partial charge in [0, 0.05) is 12.0 Å². The van der Waals surface area contributed by atoms with E-state index in [2.05, 4.69) is 5.32 Å². The molecular formula is C16H24N2O2. The monoisotopic (exact) mass is 276 g/mol. The van der Waals surface area contributed by atoms with Gasteiger partial charge >= 0.3 is 0 Å². The van der Waals surface area contributed by atoms with E-state index >= 15 is 0 Å². The Kier molecular flexibility index (Phi) is 5.58. The van der Waals surface area contributed by atoms with E-state index in [-0.39, 0.29) is 23.7 Å². The lowest BCUT2D eigenvalue weighted by atomic mass is 9.81. The summed E-state index contributed by atoms with van der Waals surface area (Å²) in [7, 11) is 0. The van der Waals surface area contributed by atoms with Gasteiger partial charge in [-0.1, -0.05) is 38.5 Å². The van der Waals surface area contributed by atoms with Gasteiger partial charge in [0.25, 0.3) is 0 Å². The Bertz CT molecular complexity index is 388. The average Bonchev–Trinajstić information content (AvgIpc) is 2.49. The van der Waals surface area contributed by atoms with Crippen LogP contribution in [0, 0.1) is 23.2 Å². The Hall–Kier alpha value is -1.37. The number of Topliss-reactive ketones (excluding diaryl/α,β-unsaturated/α-hetero) is 1. The zero-order chi connectivity index (χ0) is 14.4. The lowest BCUT2D eigenvalue weighted by Crippen LogP contribution is -2.43. The van der Waals surface area contributed by atoms with Gasteiger partial charge in [0.15, 0.2) is 11.7 Å².